The Kier molecular flexibility index (Phi) is 9.57. The normalized spacial score (nSPS) is 16.3. The fraction of sp³-hybridized carbons (Fsp3) is 0.333. The Labute approximate surface area is 255 Å². The van der Waals surface area contributed by atoms with Crippen molar-refractivity contribution in [3.8, 4) is 11.5 Å². The van der Waals surface area contributed by atoms with Crippen LogP contribution in [0.4, 0.5) is 5.69 Å². The van der Waals surface area contributed by atoms with E-state index in [1.54, 1.807) is 41.3 Å². The van der Waals surface area contributed by atoms with E-state index in [0.29, 0.717) is 29.9 Å². The molecular formula is C30H32Cl2N4O5S. The number of amides is 2. The fourth-order valence-electron chi connectivity index (χ4n) is 5.26. The van der Waals surface area contributed by atoms with Crippen LogP contribution in [0.2, 0.25) is 10.0 Å². The second kappa shape index (κ2) is 13.3. The minimum Gasteiger partial charge on any atom is -0.454 e. The Morgan fingerprint density at radius 2 is 1.57 bits per heavy atom. The number of para-hydroxylation sites is 2. The van der Waals surface area contributed by atoms with E-state index >= 15 is 0 Å². The molecule has 0 unspecified atom stereocenters. The Bertz CT molecular complexity index is 1540. The maximum Gasteiger partial charge on any atom is 0.262 e. The summed E-state index contributed by atoms with van der Waals surface area (Å²) in [6, 6.07) is 17.3. The predicted octanol–water partition coefficient (Wildman–Crippen LogP) is 5.40. The number of halogens is 2. The molecule has 0 radical (unpaired) electrons. The Morgan fingerprint density at radius 3 is 2.26 bits per heavy atom. The number of piperidine rings is 1. The van der Waals surface area contributed by atoms with Gasteiger partial charge in [0.15, 0.2) is 5.75 Å². The van der Waals surface area contributed by atoms with Crippen molar-refractivity contribution in [3.63, 3.8) is 0 Å². The predicted molar refractivity (Wildman–Crippen MR) is 163 cm³/mol. The van der Waals surface area contributed by atoms with E-state index in [2.05, 4.69) is 14.9 Å². The molecule has 2 aliphatic rings. The summed E-state index contributed by atoms with van der Waals surface area (Å²) < 4.78 is 34.6. The zero-order valence-corrected chi connectivity index (χ0v) is 25.2. The quantitative estimate of drug-likeness (QED) is 0.328. The number of sulfonamides is 1. The standard InChI is InChI=1S/C30H32Cl2N4O5S/c31-22-9-12-27(25(32)19-22)41-28-6-2-1-5-26(28)34-42(39,40)24-10-7-21(8-11-24)30(38)33-20-29(37)36-17-13-23(14-18-36)35-15-3-4-16-35/h1-2,5-12,19,23,34H,3-4,13-18,20H2,(H,33,38). The molecular weight excluding hydrogens is 599 g/mol. The number of carbonyl (C=O) groups excluding carboxylic acids is 2. The number of anilines is 1. The number of rotatable bonds is 9. The number of hydrogen-bond acceptors (Lipinski definition) is 6. The highest BCUT2D eigenvalue weighted by Crippen LogP contribution is 2.35. The molecule has 2 amide bonds. The third-order valence-corrected chi connectivity index (χ3v) is 9.46. The Balaban J connectivity index is 1.16. The highest BCUT2D eigenvalue weighted by atomic mass is 35.5. The Hall–Kier alpha value is -3.31. The molecule has 9 nitrogen and oxygen atoms in total. The van der Waals surface area contributed by atoms with Crippen molar-refractivity contribution in [2.75, 3.05) is 37.4 Å². The first-order valence-electron chi connectivity index (χ1n) is 13.8. The van der Waals surface area contributed by atoms with Crippen LogP contribution in [-0.2, 0) is 14.8 Å². The summed E-state index contributed by atoms with van der Waals surface area (Å²) in [5.74, 6) is -0.0162. The highest BCUT2D eigenvalue weighted by Gasteiger charge is 2.28. The molecule has 222 valence electrons. The van der Waals surface area contributed by atoms with Crippen molar-refractivity contribution < 1.29 is 22.7 Å². The molecule has 3 aromatic carbocycles. The molecule has 0 saturated carbocycles. The molecule has 2 N–H and O–H groups in total. The fourth-order valence-corrected chi connectivity index (χ4v) is 6.78. The van der Waals surface area contributed by atoms with E-state index in [1.165, 1.54) is 43.2 Å². The van der Waals surface area contributed by atoms with Gasteiger partial charge in [-0.1, -0.05) is 35.3 Å². The number of likely N-dealkylation sites (tertiary alicyclic amines) is 2. The van der Waals surface area contributed by atoms with Gasteiger partial charge in [-0.3, -0.25) is 14.3 Å². The van der Waals surface area contributed by atoms with Crippen molar-refractivity contribution in [1.82, 2.24) is 15.1 Å². The summed E-state index contributed by atoms with van der Waals surface area (Å²) in [5, 5.41) is 3.38. The first-order chi connectivity index (χ1) is 20.2. The molecule has 2 aliphatic heterocycles. The summed E-state index contributed by atoms with van der Waals surface area (Å²) in [5.41, 5.74) is 0.448. The number of benzene rings is 3. The molecule has 0 bridgehead atoms. The topological polar surface area (TPSA) is 108 Å². The van der Waals surface area contributed by atoms with Crippen molar-refractivity contribution in [2.45, 2.75) is 36.6 Å². The lowest BCUT2D eigenvalue weighted by atomic mass is 10.0. The van der Waals surface area contributed by atoms with E-state index < -0.39 is 15.9 Å². The summed E-state index contributed by atoms with van der Waals surface area (Å²) >= 11 is 12.2. The van der Waals surface area contributed by atoms with Gasteiger partial charge in [0, 0.05) is 29.7 Å². The SMILES string of the molecule is O=C(NCC(=O)N1CCC(N2CCCC2)CC1)c1ccc(S(=O)(=O)Nc2ccccc2Oc2ccc(Cl)cc2Cl)cc1. The molecule has 2 heterocycles. The van der Waals surface area contributed by atoms with Gasteiger partial charge in [-0.2, -0.15) is 0 Å². The van der Waals surface area contributed by atoms with Crippen LogP contribution in [0.5, 0.6) is 11.5 Å². The average molecular weight is 632 g/mol. The number of hydrogen-bond donors (Lipinski definition) is 2. The van der Waals surface area contributed by atoms with Gasteiger partial charge in [0.25, 0.3) is 15.9 Å². The van der Waals surface area contributed by atoms with Crippen molar-refractivity contribution in [1.29, 1.82) is 0 Å². The number of ether oxygens (including phenoxy) is 1. The van der Waals surface area contributed by atoms with E-state index in [4.69, 9.17) is 27.9 Å². The molecule has 5 rings (SSSR count). The number of carbonyl (C=O) groups is 2. The van der Waals surface area contributed by atoms with Gasteiger partial charge in [-0.25, -0.2) is 8.42 Å². The molecule has 3 aromatic rings. The van der Waals surface area contributed by atoms with E-state index in [9.17, 15) is 18.0 Å². The second-order valence-corrected chi connectivity index (χ2v) is 12.9. The lowest BCUT2D eigenvalue weighted by Crippen LogP contribution is -2.48. The van der Waals surface area contributed by atoms with Crippen molar-refractivity contribution >= 4 is 50.7 Å². The number of nitrogens with one attached hydrogen (secondary N) is 2. The average Bonchev–Trinajstić information content (AvgIpc) is 3.53. The molecule has 42 heavy (non-hydrogen) atoms. The van der Waals surface area contributed by atoms with Crippen LogP contribution >= 0.6 is 23.2 Å². The van der Waals surface area contributed by atoms with Crippen LogP contribution in [0.3, 0.4) is 0 Å². The lowest BCUT2D eigenvalue weighted by Gasteiger charge is -2.36. The van der Waals surface area contributed by atoms with Crippen LogP contribution in [0.1, 0.15) is 36.0 Å². The summed E-state index contributed by atoms with van der Waals surface area (Å²) in [6.45, 7) is 3.56. The summed E-state index contributed by atoms with van der Waals surface area (Å²) in [4.78, 5) is 29.6. The van der Waals surface area contributed by atoms with Crippen LogP contribution in [0, 0.1) is 0 Å². The second-order valence-electron chi connectivity index (χ2n) is 10.3. The first-order valence-corrected chi connectivity index (χ1v) is 16.1. The Morgan fingerprint density at radius 1 is 0.881 bits per heavy atom. The largest absolute Gasteiger partial charge is 0.454 e. The van der Waals surface area contributed by atoms with Crippen LogP contribution in [0.15, 0.2) is 71.6 Å². The van der Waals surface area contributed by atoms with Gasteiger partial charge in [-0.05, 0) is 93.4 Å². The zero-order valence-electron chi connectivity index (χ0n) is 22.9. The minimum atomic E-state index is -4.02. The van der Waals surface area contributed by atoms with E-state index in [0.717, 1.165) is 25.9 Å². The maximum absolute atomic E-state index is 13.1. The molecule has 0 atom stereocenters. The third-order valence-electron chi connectivity index (χ3n) is 7.55. The molecule has 0 aromatic heterocycles. The van der Waals surface area contributed by atoms with Crippen molar-refractivity contribution in [3.05, 3.63) is 82.3 Å². The van der Waals surface area contributed by atoms with Crippen LogP contribution in [-0.4, -0.2) is 68.8 Å². The molecule has 2 fully saturated rings. The van der Waals surface area contributed by atoms with E-state index in [1.807, 2.05) is 0 Å². The van der Waals surface area contributed by atoms with Gasteiger partial charge in [0.1, 0.15) is 5.75 Å². The highest BCUT2D eigenvalue weighted by molar-refractivity contribution is 7.92. The molecule has 0 spiro atoms. The summed E-state index contributed by atoms with van der Waals surface area (Å²) in [7, 11) is -4.02. The minimum absolute atomic E-state index is 0.0460. The monoisotopic (exact) mass is 630 g/mol. The van der Waals surface area contributed by atoms with E-state index in [-0.39, 0.29) is 39.4 Å². The van der Waals surface area contributed by atoms with Crippen LogP contribution < -0.4 is 14.8 Å². The lowest BCUT2D eigenvalue weighted by molar-refractivity contribution is -0.131. The van der Waals surface area contributed by atoms with Gasteiger partial charge in [0.2, 0.25) is 5.91 Å². The van der Waals surface area contributed by atoms with Gasteiger partial charge in [0.05, 0.1) is 22.2 Å². The smallest absolute Gasteiger partial charge is 0.262 e. The third kappa shape index (κ3) is 7.36. The first kappa shape index (κ1) is 30.2. The van der Waals surface area contributed by atoms with Gasteiger partial charge < -0.3 is 19.9 Å². The van der Waals surface area contributed by atoms with Crippen molar-refractivity contribution in [2.24, 2.45) is 0 Å². The van der Waals surface area contributed by atoms with Gasteiger partial charge >= 0.3 is 0 Å². The van der Waals surface area contributed by atoms with Gasteiger partial charge in [-0.15, -0.1) is 0 Å². The molecule has 0 aliphatic carbocycles. The number of nitrogens with zero attached hydrogens (tertiary/aromatic N) is 2. The molecule has 2 saturated heterocycles. The maximum atomic E-state index is 13.1. The summed E-state index contributed by atoms with van der Waals surface area (Å²) in [6.07, 6.45) is 4.40. The van der Waals surface area contributed by atoms with Crippen LogP contribution in [0.25, 0.3) is 0 Å². The zero-order chi connectivity index (χ0) is 29.7. The molecule has 12 heteroatoms.